The van der Waals surface area contributed by atoms with Crippen LogP contribution in [0.5, 0.6) is 0 Å². The van der Waals surface area contributed by atoms with Gasteiger partial charge in [0, 0.05) is 23.1 Å². The number of ether oxygens (including phenoxy) is 1. The molecule has 0 radical (unpaired) electrons. The summed E-state index contributed by atoms with van der Waals surface area (Å²) >= 11 is 3.19. The van der Waals surface area contributed by atoms with Crippen LogP contribution in [-0.4, -0.2) is 64.6 Å². The van der Waals surface area contributed by atoms with Crippen LogP contribution in [0, 0.1) is 17.0 Å². The van der Waals surface area contributed by atoms with E-state index in [9.17, 15) is 14.3 Å². The Labute approximate surface area is 214 Å². The van der Waals surface area contributed by atoms with Crippen LogP contribution in [0.2, 0.25) is 0 Å². The summed E-state index contributed by atoms with van der Waals surface area (Å²) in [6.45, 7) is 1.27. The number of carbonyl (C=O) groups is 1. The number of aromatic nitrogens is 2. The van der Waals surface area contributed by atoms with Gasteiger partial charge in [0.25, 0.3) is 5.91 Å². The van der Waals surface area contributed by atoms with E-state index >= 15 is 4.39 Å². The van der Waals surface area contributed by atoms with E-state index in [0.717, 1.165) is 6.07 Å². The molecular weight excluding hydrogens is 538 g/mol. The van der Waals surface area contributed by atoms with Crippen molar-refractivity contribution in [3.8, 4) is 11.3 Å². The predicted molar refractivity (Wildman–Crippen MR) is 132 cm³/mol. The van der Waals surface area contributed by atoms with Gasteiger partial charge in [0.05, 0.1) is 37.6 Å². The number of nitrogens with one attached hydrogen (secondary N) is 2. The summed E-state index contributed by atoms with van der Waals surface area (Å²) in [5.41, 5.74) is 6.75. The molecule has 1 amide bonds. The third-order valence-corrected chi connectivity index (χ3v) is 6.08. The van der Waals surface area contributed by atoms with Crippen LogP contribution in [0.15, 0.2) is 47.1 Å². The molecule has 1 aliphatic rings. The molecule has 3 aromatic rings. The van der Waals surface area contributed by atoms with Gasteiger partial charge in [-0.3, -0.25) is 10.2 Å². The molecule has 2 aromatic carbocycles. The van der Waals surface area contributed by atoms with Gasteiger partial charge in [0.2, 0.25) is 0 Å². The maximum Gasteiger partial charge on any atom is 0.274 e. The average molecular weight is 561 g/mol. The Morgan fingerprint density at radius 1 is 1.25 bits per heavy atom. The van der Waals surface area contributed by atoms with Gasteiger partial charge in [-0.15, -0.1) is 0 Å². The molecule has 1 saturated heterocycles. The van der Waals surface area contributed by atoms with E-state index in [1.54, 1.807) is 11.0 Å². The maximum absolute atomic E-state index is 15.1. The zero-order valence-corrected chi connectivity index (χ0v) is 20.6. The fourth-order valence-electron chi connectivity index (χ4n) is 3.77. The highest BCUT2D eigenvalue weighted by molar-refractivity contribution is 9.10. The summed E-state index contributed by atoms with van der Waals surface area (Å²) in [5.74, 6) is -1.89. The first-order valence-electron chi connectivity index (χ1n) is 11.0. The largest absolute Gasteiger partial charge is 0.394 e. The van der Waals surface area contributed by atoms with Gasteiger partial charge in [-0.05, 0) is 35.9 Å². The highest BCUT2D eigenvalue weighted by atomic mass is 79.9. The van der Waals surface area contributed by atoms with Gasteiger partial charge in [-0.2, -0.15) is 0 Å². The van der Waals surface area contributed by atoms with E-state index < -0.39 is 24.3 Å². The first-order chi connectivity index (χ1) is 17.3. The minimum absolute atomic E-state index is 0.0194. The second-order valence-electron chi connectivity index (χ2n) is 8.05. The van der Waals surface area contributed by atoms with E-state index in [0.29, 0.717) is 36.3 Å². The van der Waals surface area contributed by atoms with E-state index in [4.69, 9.17) is 15.9 Å². The van der Waals surface area contributed by atoms with Gasteiger partial charge >= 0.3 is 0 Å². The van der Waals surface area contributed by atoms with Gasteiger partial charge in [0.15, 0.2) is 0 Å². The molecule has 9 nitrogen and oxygen atoms in total. The number of hydrogen-bond acceptors (Lipinski definition) is 7. The van der Waals surface area contributed by atoms with Gasteiger partial charge in [0.1, 0.15) is 34.7 Å². The molecule has 1 atom stereocenters. The molecular formula is C24H23BrF2N6O3. The second-order valence-corrected chi connectivity index (χ2v) is 8.96. The zero-order valence-electron chi connectivity index (χ0n) is 19.0. The topological polar surface area (TPSA) is 137 Å². The van der Waals surface area contributed by atoms with Crippen molar-refractivity contribution >= 4 is 33.5 Å². The van der Waals surface area contributed by atoms with Crippen LogP contribution in [0.4, 0.5) is 14.6 Å². The highest BCUT2D eigenvalue weighted by Crippen LogP contribution is 2.26. The number of amidine groups is 1. The minimum atomic E-state index is -0.840. The molecule has 188 valence electrons. The molecule has 5 N–H and O–H groups in total. The van der Waals surface area contributed by atoms with Crippen molar-refractivity contribution in [3.63, 3.8) is 0 Å². The third-order valence-electron chi connectivity index (χ3n) is 5.62. The molecule has 0 aliphatic carbocycles. The van der Waals surface area contributed by atoms with Crippen molar-refractivity contribution in [1.82, 2.24) is 20.2 Å². The van der Waals surface area contributed by atoms with Crippen molar-refractivity contribution < 1.29 is 23.4 Å². The SMILES string of the molecule is N=C(N[C@H](CO)c1cc(F)cc(Br)c1)c1ccc(-c2nc(C(=O)N3CCOCC3)cnc2N)cc1F. The van der Waals surface area contributed by atoms with Crippen molar-refractivity contribution in [2.24, 2.45) is 0 Å². The number of nitrogens with zero attached hydrogens (tertiary/aromatic N) is 3. The number of anilines is 1. The Kier molecular flexibility index (Phi) is 7.87. The van der Waals surface area contributed by atoms with Crippen LogP contribution < -0.4 is 11.1 Å². The van der Waals surface area contributed by atoms with Gasteiger partial charge < -0.3 is 25.8 Å². The summed E-state index contributed by atoms with van der Waals surface area (Å²) in [7, 11) is 0. The molecule has 1 aromatic heterocycles. The summed E-state index contributed by atoms with van der Waals surface area (Å²) in [6, 6.07) is 7.24. The molecule has 4 rings (SSSR count). The average Bonchev–Trinajstić information content (AvgIpc) is 2.86. The summed E-state index contributed by atoms with van der Waals surface area (Å²) in [6.07, 6.45) is 1.28. The van der Waals surface area contributed by atoms with Gasteiger partial charge in [-0.25, -0.2) is 18.7 Å². The molecule has 0 saturated carbocycles. The van der Waals surface area contributed by atoms with Crippen molar-refractivity contribution in [2.75, 3.05) is 38.6 Å². The Morgan fingerprint density at radius 3 is 2.67 bits per heavy atom. The van der Waals surface area contributed by atoms with E-state index in [2.05, 4.69) is 31.2 Å². The first-order valence-corrected chi connectivity index (χ1v) is 11.8. The number of amides is 1. The van der Waals surface area contributed by atoms with Crippen LogP contribution in [-0.2, 0) is 4.74 Å². The fourth-order valence-corrected chi connectivity index (χ4v) is 4.25. The third kappa shape index (κ3) is 5.66. The van der Waals surface area contributed by atoms with E-state index in [1.807, 2.05) is 0 Å². The fraction of sp³-hybridized carbons (Fsp3) is 0.250. The lowest BCUT2D eigenvalue weighted by Gasteiger charge is -2.26. The minimum Gasteiger partial charge on any atom is -0.394 e. The number of morpholine rings is 1. The van der Waals surface area contributed by atoms with Crippen LogP contribution in [0.3, 0.4) is 0 Å². The first kappa shape index (κ1) is 25.6. The lowest BCUT2D eigenvalue weighted by molar-refractivity contribution is 0.0299. The predicted octanol–water partition coefficient (Wildman–Crippen LogP) is 2.89. The summed E-state index contributed by atoms with van der Waals surface area (Å²) < 4.78 is 34.6. The maximum atomic E-state index is 15.1. The number of rotatable bonds is 6. The standard InChI is InChI=1S/C24H23BrF2N6O3/c25-15-7-14(8-16(26)10-15)20(12-34)32-22(28)17-2-1-13(9-18(17)27)21-23(29)30-11-19(31-21)24(35)33-3-5-36-6-4-33/h1-2,7-11,20,34H,3-6,12H2,(H2,28,32)(H2,29,30)/t20-/m1/s1. The number of hydrogen-bond donors (Lipinski definition) is 4. The van der Waals surface area contributed by atoms with Crippen molar-refractivity contribution in [2.45, 2.75) is 6.04 Å². The number of carbonyl (C=O) groups excluding carboxylic acids is 1. The highest BCUT2D eigenvalue weighted by Gasteiger charge is 2.22. The monoisotopic (exact) mass is 560 g/mol. The Bertz CT molecular complexity index is 1280. The normalized spacial score (nSPS) is 14.4. The van der Waals surface area contributed by atoms with E-state index in [-0.39, 0.29) is 40.1 Å². The van der Waals surface area contributed by atoms with Gasteiger partial charge in [-0.1, -0.05) is 22.0 Å². The lowest BCUT2D eigenvalue weighted by atomic mass is 10.0. The van der Waals surface area contributed by atoms with Crippen molar-refractivity contribution in [3.05, 3.63) is 75.5 Å². The Morgan fingerprint density at radius 2 is 2.00 bits per heavy atom. The molecule has 36 heavy (non-hydrogen) atoms. The zero-order chi connectivity index (χ0) is 25.8. The molecule has 12 heteroatoms. The number of aliphatic hydroxyl groups excluding tert-OH is 1. The molecule has 0 unspecified atom stereocenters. The van der Waals surface area contributed by atoms with E-state index in [1.165, 1.54) is 30.5 Å². The lowest BCUT2D eigenvalue weighted by Crippen LogP contribution is -2.41. The Hall–Kier alpha value is -3.48. The number of halogens is 3. The van der Waals surface area contributed by atoms with Crippen LogP contribution in [0.1, 0.15) is 27.7 Å². The number of benzene rings is 2. The molecule has 0 bridgehead atoms. The molecule has 2 heterocycles. The van der Waals surface area contributed by atoms with Crippen molar-refractivity contribution in [1.29, 1.82) is 5.41 Å². The van der Waals surface area contributed by atoms with Crippen LogP contribution >= 0.6 is 15.9 Å². The molecule has 0 spiro atoms. The molecule has 1 aliphatic heterocycles. The number of nitrogen functional groups attached to an aromatic ring is 1. The summed E-state index contributed by atoms with van der Waals surface area (Å²) in [5, 5.41) is 20.8. The smallest absolute Gasteiger partial charge is 0.274 e. The van der Waals surface area contributed by atoms with Crippen LogP contribution in [0.25, 0.3) is 11.3 Å². The Balaban J connectivity index is 1.56. The molecule has 1 fully saturated rings. The quantitative estimate of drug-likeness (QED) is 0.268. The number of aliphatic hydroxyl groups is 1. The summed E-state index contributed by atoms with van der Waals surface area (Å²) in [4.78, 5) is 22.7. The number of nitrogens with two attached hydrogens (primary N) is 1. The second kappa shape index (κ2) is 11.1.